The largest absolute Gasteiger partial charge is 0.385 e. The highest BCUT2D eigenvalue weighted by Gasteiger charge is 2.04. The zero-order chi connectivity index (χ0) is 13.7. The van der Waals surface area contributed by atoms with E-state index in [0.717, 1.165) is 18.5 Å². The number of benzene rings is 1. The summed E-state index contributed by atoms with van der Waals surface area (Å²) in [6, 6.07) is 4.84. The molecule has 1 aromatic carbocycles. The van der Waals surface area contributed by atoms with Crippen LogP contribution in [0.5, 0.6) is 0 Å². The number of nitrogens with zero attached hydrogens (tertiary/aromatic N) is 2. The van der Waals surface area contributed by atoms with Gasteiger partial charge in [-0.25, -0.2) is 9.37 Å². The predicted molar refractivity (Wildman–Crippen MR) is 73.1 cm³/mol. The molecule has 0 fully saturated rings. The van der Waals surface area contributed by atoms with Crippen molar-refractivity contribution in [1.29, 1.82) is 0 Å². The number of aryl methyl sites for hydroxylation is 2. The SMILES string of the molecule is COCCCn1ccnc1Nc1cc(C)cc(F)c1. The first kappa shape index (κ1) is 13.5. The van der Waals surface area contributed by atoms with Crippen LogP contribution in [0.4, 0.5) is 16.0 Å². The molecule has 19 heavy (non-hydrogen) atoms. The first-order valence-corrected chi connectivity index (χ1v) is 6.23. The number of anilines is 2. The highest BCUT2D eigenvalue weighted by atomic mass is 19.1. The van der Waals surface area contributed by atoms with E-state index in [1.54, 1.807) is 13.3 Å². The molecule has 0 aliphatic carbocycles. The third-order valence-electron chi connectivity index (χ3n) is 2.76. The Morgan fingerprint density at radius 2 is 2.21 bits per heavy atom. The van der Waals surface area contributed by atoms with E-state index in [4.69, 9.17) is 4.74 Å². The number of nitrogens with one attached hydrogen (secondary N) is 1. The van der Waals surface area contributed by atoms with Gasteiger partial charge in [0.2, 0.25) is 5.95 Å². The van der Waals surface area contributed by atoms with Gasteiger partial charge in [-0.3, -0.25) is 0 Å². The van der Waals surface area contributed by atoms with Crippen LogP contribution in [0.2, 0.25) is 0 Å². The van der Waals surface area contributed by atoms with Gasteiger partial charge in [0.25, 0.3) is 0 Å². The van der Waals surface area contributed by atoms with E-state index < -0.39 is 0 Å². The fourth-order valence-corrected chi connectivity index (χ4v) is 1.93. The second-order valence-electron chi connectivity index (χ2n) is 4.43. The summed E-state index contributed by atoms with van der Waals surface area (Å²) in [5, 5.41) is 3.13. The number of halogens is 1. The molecule has 0 aliphatic heterocycles. The number of aromatic nitrogens is 2. The van der Waals surface area contributed by atoms with Gasteiger partial charge in [0, 0.05) is 38.3 Å². The Kier molecular flexibility index (Phi) is 4.52. The van der Waals surface area contributed by atoms with Gasteiger partial charge in [0.1, 0.15) is 5.82 Å². The van der Waals surface area contributed by atoms with E-state index in [0.29, 0.717) is 18.2 Å². The van der Waals surface area contributed by atoms with Gasteiger partial charge >= 0.3 is 0 Å². The Labute approximate surface area is 112 Å². The molecular formula is C14H18FN3O. The minimum Gasteiger partial charge on any atom is -0.385 e. The van der Waals surface area contributed by atoms with Gasteiger partial charge in [0.05, 0.1) is 0 Å². The third-order valence-corrected chi connectivity index (χ3v) is 2.76. The predicted octanol–water partition coefficient (Wildman–Crippen LogP) is 3.11. The molecule has 1 aromatic heterocycles. The zero-order valence-electron chi connectivity index (χ0n) is 11.2. The number of imidazole rings is 1. The fourth-order valence-electron chi connectivity index (χ4n) is 1.93. The van der Waals surface area contributed by atoms with E-state index in [2.05, 4.69) is 10.3 Å². The second-order valence-corrected chi connectivity index (χ2v) is 4.43. The van der Waals surface area contributed by atoms with Crippen LogP contribution in [0.15, 0.2) is 30.6 Å². The quantitative estimate of drug-likeness (QED) is 0.814. The molecule has 4 nitrogen and oxygen atoms in total. The van der Waals surface area contributed by atoms with E-state index >= 15 is 0 Å². The maximum atomic E-state index is 13.3. The summed E-state index contributed by atoms with van der Waals surface area (Å²) in [6.45, 7) is 3.38. The van der Waals surface area contributed by atoms with Crippen molar-refractivity contribution in [3.05, 3.63) is 42.0 Å². The van der Waals surface area contributed by atoms with Crippen LogP contribution in [-0.4, -0.2) is 23.3 Å². The topological polar surface area (TPSA) is 39.1 Å². The van der Waals surface area contributed by atoms with E-state index in [1.165, 1.54) is 12.1 Å². The van der Waals surface area contributed by atoms with Crippen LogP contribution in [0.3, 0.4) is 0 Å². The van der Waals surface area contributed by atoms with E-state index in [1.807, 2.05) is 23.8 Å². The normalized spacial score (nSPS) is 10.7. The molecule has 2 rings (SSSR count). The van der Waals surface area contributed by atoms with Crippen molar-refractivity contribution in [1.82, 2.24) is 9.55 Å². The molecule has 0 unspecified atom stereocenters. The number of hydrogen-bond donors (Lipinski definition) is 1. The highest BCUT2D eigenvalue weighted by Crippen LogP contribution is 2.18. The molecular weight excluding hydrogens is 245 g/mol. The summed E-state index contributed by atoms with van der Waals surface area (Å²) in [5.74, 6) is 0.459. The fraction of sp³-hybridized carbons (Fsp3) is 0.357. The molecule has 2 aromatic rings. The minimum atomic E-state index is -0.250. The van der Waals surface area contributed by atoms with E-state index in [9.17, 15) is 4.39 Å². The molecule has 1 heterocycles. The number of methoxy groups -OCH3 is 1. The maximum Gasteiger partial charge on any atom is 0.207 e. The number of rotatable bonds is 6. The monoisotopic (exact) mass is 263 g/mol. The molecule has 0 spiro atoms. The Balaban J connectivity index is 2.08. The summed E-state index contributed by atoms with van der Waals surface area (Å²) in [5.41, 5.74) is 1.58. The standard InChI is InChI=1S/C14H18FN3O/c1-11-8-12(15)10-13(9-11)17-14-16-4-6-18(14)5-3-7-19-2/h4,6,8-10H,3,5,7H2,1-2H3,(H,16,17). The van der Waals surface area contributed by atoms with Crippen molar-refractivity contribution in [3.8, 4) is 0 Å². The average Bonchev–Trinajstić information content (AvgIpc) is 2.76. The van der Waals surface area contributed by atoms with Crippen LogP contribution in [-0.2, 0) is 11.3 Å². The Bertz CT molecular complexity index is 519. The van der Waals surface area contributed by atoms with Gasteiger partial charge < -0.3 is 14.6 Å². The molecule has 0 saturated heterocycles. The van der Waals surface area contributed by atoms with E-state index in [-0.39, 0.29) is 5.82 Å². The smallest absolute Gasteiger partial charge is 0.207 e. The van der Waals surface area contributed by atoms with Crippen LogP contribution >= 0.6 is 0 Å². The highest BCUT2D eigenvalue weighted by molar-refractivity contribution is 5.54. The van der Waals surface area contributed by atoms with Gasteiger partial charge in [-0.2, -0.15) is 0 Å². The molecule has 1 N–H and O–H groups in total. The molecule has 0 saturated carbocycles. The van der Waals surface area contributed by atoms with Crippen LogP contribution in [0.1, 0.15) is 12.0 Å². The van der Waals surface area contributed by atoms with Gasteiger partial charge in [-0.15, -0.1) is 0 Å². The molecule has 0 aliphatic rings. The number of ether oxygens (including phenoxy) is 1. The molecule has 5 heteroatoms. The summed E-state index contributed by atoms with van der Waals surface area (Å²) in [7, 11) is 1.68. The van der Waals surface area contributed by atoms with Crippen molar-refractivity contribution in [2.24, 2.45) is 0 Å². The zero-order valence-corrected chi connectivity index (χ0v) is 11.2. The molecule has 0 atom stereocenters. The second kappa shape index (κ2) is 6.33. The lowest BCUT2D eigenvalue weighted by Gasteiger charge is -2.10. The lowest BCUT2D eigenvalue weighted by molar-refractivity contribution is 0.190. The van der Waals surface area contributed by atoms with Crippen molar-refractivity contribution in [3.63, 3.8) is 0 Å². The summed E-state index contributed by atoms with van der Waals surface area (Å²) in [4.78, 5) is 4.24. The third kappa shape index (κ3) is 3.79. The lowest BCUT2D eigenvalue weighted by atomic mass is 10.2. The van der Waals surface area contributed by atoms with Crippen LogP contribution < -0.4 is 5.32 Å². The van der Waals surface area contributed by atoms with Gasteiger partial charge in [-0.1, -0.05) is 0 Å². The van der Waals surface area contributed by atoms with Gasteiger partial charge in [-0.05, 0) is 37.1 Å². The molecule has 0 radical (unpaired) electrons. The first-order valence-electron chi connectivity index (χ1n) is 6.23. The maximum absolute atomic E-state index is 13.3. The lowest BCUT2D eigenvalue weighted by Crippen LogP contribution is -2.05. The van der Waals surface area contributed by atoms with Crippen LogP contribution in [0, 0.1) is 12.7 Å². The number of hydrogen-bond acceptors (Lipinski definition) is 3. The van der Waals surface area contributed by atoms with Crippen molar-refractivity contribution >= 4 is 11.6 Å². The summed E-state index contributed by atoms with van der Waals surface area (Å²) in [6.07, 6.45) is 4.52. The first-order chi connectivity index (χ1) is 9.19. The Morgan fingerprint density at radius 1 is 1.37 bits per heavy atom. The average molecular weight is 263 g/mol. The Morgan fingerprint density at radius 3 is 2.95 bits per heavy atom. The Hall–Kier alpha value is -1.88. The van der Waals surface area contributed by atoms with Crippen molar-refractivity contribution in [2.75, 3.05) is 19.0 Å². The van der Waals surface area contributed by atoms with Crippen molar-refractivity contribution < 1.29 is 9.13 Å². The van der Waals surface area contributed by atoms with Gasteiger partial charge in [0.15, 0.2) is 0 Å². The minimum absolute atomic E-state index is 0.250. The molecule has 0 amide bonds. The summed E-state index contributed by atoms with van der Waals surface area (Å²) < 4.78 is 20.3. The van der Waals surface area contributed by atoms with Crippen LogP contribution in [0.25, 0.3) is 0 Å². The summed E-state index contributed by atoms with van der Waals surface area (Å²) >= 11 is 0. The van der Waals surface area contributed by atoms with Crippen molar-refractivity contribution in [2.45, 2.75) is 19.9 Å². The molecule has 0 bridgehead atoms. The molecule has 102 valence electrons.